The van der Waals surface area contributed by atoms with Gasteiger partial charge in [-0.1, -0.05) is 36.4 Å². The molecule has 0 aromatic heterocycles. The molecule has 0 bridgehead atoms. The van der Waals surface area contributed by atoms with Gasteiger partial charge < -0.3 is 20.4 Å². The summed E-state index contributed by atoms with van der Waals surface area (Å²) in [5, 5.41) is 8.48. The first-order chi connectivity index (χ1) is 14.7. The molecule has 4 nitrogen and oxygen atoms in total. The SMILES string of the molecule is S=C(NCCSc1ccccc1)N1CCN(C(=S)NCCSc2ccccc2)CC1. The normalized spacial score (nSPS) is 13.7. The minimum absolute atomic E-state index is 0.849. The number of piperazine rings is 1. The predicted molar refractivity (Wildman–Crippen MR) is 139 cm³/mol. The molecule has 0 amide bonds. The molecule has 30 heavy (non-hydrogen) atoms. The molecule has 2 N–H and O–H groups in total. The molecule has 0 radical (unpaired) electrons. The smallest absolute Gasteiger partial charge is 0.169 e. The Labute approximate surface area is 199 Å². The van der Waals surface area contributed by atoms with E-state index in [9.17, 15) is 0 Å². The molecule has 3 rings (SSSR count). The zero-order chi connectivity index (χ0) is 21.0. The van der Waals surface area contributed by atoms with Gasteiger partial charge in [-0.2, -0.15) is 0 Å². The zero-order valence-corrected chi connectivity index (χ0v) is 20.2. The van der Waals surface area contributed by atoms with Crippen LogP contribution in [0.4, 0.5) is 0 Å². The minimum atomic E-state index is 0.849. The quantitative estimate of drug-likeness (QED) is 0.337. The van der Waals surface area contributed by atoms with Crippen molar-refractivity contribution in [3.8, 4) is 0 Å². The van der Waals surface area contributed by atoms with E-state index in [1.165, 1.54) is 9.79 Å². The fourth-order valence-corrected chi connectivity index (χ4v) is 5.17. The monoisotopic (exact) mass is 476 g/mol. The summed E-state index contributed by atoms with van der Waals surface area (Å²) in [6.07, 6.45) is 0. The number of hydrogen-bond acceptors (Lipinski definition) is 4. The van der Waals surface area contributed by atoms with Gasteiger partial charge in [0.2, 0.25) is 0 Å². The Morgan fingerprint density at radius 1 is 0.667 bits per heavy atom. The lowest BCUT2D eigenvalue weighted by atomic mass is 10.3. The number of thioether (sulfide) groups is 2. The first-order valence-electron chi connectivity index (χ1n) is 10.1. The van der Waals surface area contributed by atoms with Crippen molar-refractivity contribution in [2.75, 3.05) is 50.8 Å². The van der Waals surface area contributed by atoms with Crippen molar-refractivity contribution in [3.05, 3.63) is 60.7 Å². The van der Waals surface area contributed by atoms with Crippen LogP contribution in [0.1, 0.15) is 0 Å². The summed E-state index contributed by atoms with van der Waals surface area (Å²) in [6, 6.07) is 20.9. The third-order valence-corrected chi connectivity index (χ3v) is 7.47. The van der Waals surface area contributed by atoms with Crippen LogP contribution < -0.4 is 10.6 Å². The molecule has 1 heterocycles. The summed E-state index contributed by atoms with van der Waals surface area (Å²) in [5.41, 5.74) is 0. The summed E-state index contributed by atoms with van der Waals surface area (Å²) in [5.74, 6) is 2.00. The van der Waals surface area contributed by atoms with Crippen molar-refractivity contribution in [1.29, 1.82) is 0 Å². The number of nitrogens with zero attached hydrogens (tertiary/aromatic N) is 2. The second kappa shape index (κ2) is 13.0. The molecule has 160 valence electrons. The van der Waals surface area contributed by atoms with E-state index in [-0.39, 0.29) is 0 Å². The second-order valence-electron chi connectivity index (χ2n) is 6.76. The highest BCUT2D eigenvalue weighted by Crippen LogP contribution is 2.16. The molecule has 0 atom stereocenters. The highest BCUT2D eigenvalue weighted by molar-refractivity contribution is 7.99. The van der Waals surface area contributed by atoms with Crippen molar-refractivity contribution in [2.24, 2.45) is 0 Å². The van der Waals surface area contributed by atoms with E-state index in [4.69, 9.17) is 24.4 Å². The van der Waals surface area contributed by atoms with E-state index >= 15 is 0 Å². The van der Waals surface area contributed by atoms with Gasteiger partial charge in [-0.15, -0.1) is 23.5 Å². The van der Waals surface area contributed by atoms with Crippen molar-refractivity contribution < 1.29 is 0 Å². The third kappa shape index (κ3) is 7.98. The Hall–Kier alpha value is -1.48. The number of nitrogens with one attached hydrogen (secondary N) is 2. The van der Waals surface area contributed by atoms with Gasteiger partial charge in [-0.3, -0.25) is 0 Å². The molecule has 2 aromatic rings. The Morgan fingerprint density at radius 2 is 1.03 bits per heavy atom. The predicted octanol–water partition coefficient (Wildman–Crippen LogP) is 3.94. The standard InChI is InChI=1S/C22H28N4S4/c27-21(23-11-17-29-19-7-3-1-4-8-19)25-13-15-26(16-14-25)22(28)24-12-18-30-20-9-5-2-6-10-20/h1-10H,11-18H2,(H,23,27)(H,24,28). The molecule has 8 heteroatoms. The van der Waals surface area contributed by atoms with Crippen LogP contribution in [0.15, 0.2) is 70.5 Å². The second-order valence-corrected chi connectivity index (χ2v) is 9.87. The van der Waals surface area contributed by atoms with Crippen molar-refractivity contribution in [1.82, 2.24) is 20.4 Å². The Bertz CT molecular complexity index is 713. The van der Waals surface area contributed by atoms with E-state index in [2.05, 4.69) is 69.0 Å². The van der Waals surface area contributed by atoms with Gasteiger partial charge in [0.05, 0.1) is 0 Å². The number of benzene rings is 2. The van der Waals surface area contributed by atoms with Gasteiger partial charge in [0.1, 0.15) is 0 Å². The van der Waals surface area contributed by atoms with Gasteiger partial charge >= 0.3 is 0 Å². The zero-order valence-electron chi connectivity index (χ0n) is 17.0. The van der Waals surface area contributed by atoms with E-state index in [1.807, 2.05) is 35.7 Å². The maximum absolute atomic E-state index is 5.58. The lowest BCUT2D eigenvalue weighted by Gasteiger charge is -2.37. The molecule has 0 spiro atoms. The summed E-state index contributed by atoms with van der Waals surface area (Å²) in [6.45, 7) is 5.35. The molecular weight excluding hydrogens is 449 g/mol. The third-order valence-electron chi connectivity index (χ3n) is 4.63. The van der Waals surface area contributed by atoms with Gasteiger partial charge in [0.25, 0.3) is 0 Å². The van der Waals surface area contributed by atoms with E-state index in [1.54, 1.807) is 0 Å². The largest absolute Gasteiger partial charge is 0.362 e. The Kier molecular flexibility index (Phi) is 10.1. The van der Waals surface area contributed by atoms with Crippen LogP contribution in [0.3, 0.4) is 0 Å². The van der Waals surface area contributed by atoms with Gasteiger partial charge in [0, 0.05) is 60.6 Å². The average molecular weight is 477 g/mol. The van der Waals surface area contributed by atoms with E-state index < -0.39 is 0 Å². The molecule has 2 aromatic carbocycles. The van der Waals surface area contributed by atoms with Gasteiger partial charge in [-0.05, 0) is 48.7 Å². The summed E-state index contributed by atoms with van der Waals surface area (Å²) in [7, 11) is 0. The van der Waals surface area contributed by atoms with Crippen LogP contribution in [0.5, 0.6) is 0 Å². The lowest BCUT2D eigenvalue weighted by molar-refractivity contribution is 0.255. The minimum Gasteiger partial charge on any atom is -0.362 e. The molecule has 1 saturated heterocycles. The molecule has 1 aliphatic rings. The lowest BCUT2D eigenvalue weighted by Crippen LogP contribution is -2.55. The summed E-state index contributed by atoms with van der Waals surface area (Å²) in [4.78, 5) is 7.07. The van der Waals surface area contributed by atoms with E-state index in [0.717, 1.165) is 61.0 Å². The topological polar surface area (TPSA) is 30.5 Å². The van der Waals surface area contributed by atoms with Crippen molar-refractivity contribution in [2.45, 2.75) is 9.79 Å². The van der Waals surface area contributed by atoms with Crippen molar-refractivity contribution in [3.63, 3.8) is 0 Å². The van der Waals surface area contributed by atoms with Gasteiger partial charge in [0.15, 0.2) is 10.2 Å². The molecule has 0 aliphatic carbocycles. The Balaban J connectivity index is 1.26. The molecule has 1 aliphatic heterocycles. The molecule has 0 saturated carbocycles. The summed E-state index contributed by atoms with van der Waals surface area (Å²) < 4.78 is 0. The Morgan fingerprint density at radius 3 is 1.40 bits per heavy atom. The highest BCUT2D eigenvalue weighted by atomic mass is 32.2. The van der Waals surface area contributed by atoms with Crippen LogP contribution in [0.2, 0.25) is 0 Å². The van der Waals surface area contributed by atoms with E-state index in [0.29, 0.717) is 0 Å². The van der Waals surface area contributed by atoms with Crippen LogP contribution in [0.25, 0.3) is 0 Å². The first kappa shape index (κ1) is 23.2. The molecule has 0 unspecified atom stereocenters. The fourth-order valence-electron chi connectivity index (χ4n) is 3.02. The first-order valence-corrected chi connectivity index (χ1v) is 12.9. The van der Waals surface area contributed by atoms with Gasteiger partial charge in [-0.25, -0.2) is 0 Å². The molecule has 1 fully saturated rings. The van der Waals surface area contributed by atoms with Crippen LogP contribution in [0, 0.1) is 0 Å². The maximum Gasteiger partial charge on any atom is 0.169 e. The van der Waals surface area contributed by atoms with Crippen molar-refractivity contribution >= 4 is 58.2 Å². The average Bonchev–Trinajstić information content (AvgIpc) is 2.81. The molecular formula is C22H28N4S4. The number of rotatable bonds is 8. The number of hydrogen-bond donors (Lipinski definition) is 2. The fraction of sp³-hybridized carbons (Fsp3) is 0.364. The van der Waals surface area contributed by atoms with Crippen LogP contribution >= 0.6 is 48.0 Å². The number of thiocarbonyl (C=S) groups is 2. The summed E-state index contributed by atoms with van der Waals surface area (Å²) >= 11 is 14.8. The maximum atomic E-state index is 5.58. The van der Waals surface area contributed by atoms with Crippen LogP contribution in [-0.2, 0) is 0 Å². The highest BCUT2D eigenvalue weighted by Gasteiger charge is 2.20. The van der Waals surface area contributed by atoms with Crippen LogP contribution in [-0.4, -0.2) is 70.8 Å².